The van der Waals surface area contributed by atoms with E-state index in [1.165, 1.54) is 6.92 Å². The van der Waals surface area contributed by atoms with Crippen LogP contribution in [0.1, 0.15) is 34.1 Å². The number of carboxylic acids is 1. The molecule has 0 heterocycles. The quantitative estimate of drug-likeness (QED) is 0.678. The molecule has 0 aromatic carbocycles. The monoisotopic (exact) mass is 188 g/mol. The Balaban J connectivity index is 4.56. The maximum absolute atomic E-state index is 10.9. The zero-order valence-corrected chi connectivity index (χ0v) is 8.46. The summed E-state index contributed by atoms with van der Waals surface area (Å²) in [5.74, 6) is -1.39. The van der Waals surface area contributed by atoms with Crippen LogP contribution < -0.4 is 0 Å². The molecule has 2 atom stereocenters. The van der Waals surface area contributed by atoms with Crippen LogP contribution in [0.2, 0.25) is 0 Å². The smallest absolute Gasteiger partial charge is 0.313 e. The lowest BCUT2D eigenvalue weighted by Gasteiger charge is -2.29. The fourth-order valence-electron chi connectivity index (χ4n) is 0.992. The van der Waals surface area contributed by atoms with Gasteiger partial charge in [0, 0.05) is 6.92 Å². The molecule has 0 aromatic rings. The Bertz CT molecular complexity index is 212. The lowest BCUT2D eigenvalue weighted by atomic mass is 9.82. The zero-order chi connectivity index (χ0) is 10.6. The molecule has 4 nitrogen and oxygen atoms in total. The average molecular weight is 188 g/mol. The number of hydrogen-bond donors (Lipinski definition) is 1. The van der Waals surface area contributed by atoms with Crippen molar-refractivity contribution in [2.45, 2.75) is 40.2 Å². The van der Waals surface area contributed by atoms with Crippen LogP contribution in [0.4, 0.5) is 0 Å². The molecule has 0 aliphatic carbocycles. The average Bonchev–Trinajstić information content (AvgIpc) is 2.01. The van der Waals surface area contributed by atoms with E-state index in [1.54, 1.807) is 20.8 Å². The van der Waals surface area contributed by atoms with Gasteiger partial charge in [-0.25, -0.2) is 0 Å². The van der Waals surface area contributed by atoms with E-state index < -0.39 is 23.5 Å². The Hall–Kier alpha value is -1.06. The molecule has 76 valence electrons. The molecule has 1 N–H and O–H groups in total. The number of esters is 1. The molecular weight excluding hydrogens is 172 g/mol. The molecule has 0 saturated heterocycles. The Labute approximate surface area is 77.9 Å². The van der Waals surface area contributed by atoms with Crippen LogP contribution in [0.25, 0.3) is 0 Å². The highest BCUT2D eigenvalue weighted by Crippen LogP contribution is 2.28. The van der Waals surface area contributed by atoms with Crippen molar-refractivity contribution in [3.05, 3.63) is 0 Å². The molecule has 4 heteroatoms. The highest BCUT2D eigenvalue weighted by molar-refractivity contribution is 5.75. The maximum Gasteiger partial charge on any atom is 0.313 e. The van der Waals surface area contributed by atoms with Crippen molar-refractivity contribution < 1.29 is 19.4 Å². The summed E-state index contributed by atoms with van der Waals surface area (Å²) in [6, 6.07) is 0. The Morgan fingerprint density at radius 1 is 1.54 bits per heavy atom. The zero-order valence-electron chi connectivity index (χ0n) is 8.46. The second-order valence-corrected chi connectivity index (χ2v) is 3.33. The molecule has 0 bridgehead atoms. The number of carbonyl (C=O) groups excluding carboxylic acids is 1. The molecule has 0 amide bonds. The fourth-order valence-corrected chi connectivity index (χ4v) is 0.992. The van der Waals surface area contributed by atoms with E-state index in [1.807, 2.05) is 0 Å². The Morgan fingerprint density at radius 3 is 2.23 bits per heavy atom. The summed E-state index contributed by atoms with van der Waals surface area (Å²) in [5.41, 5.74) is -0.994. The van der Waals surface area contributed by atoms with E-state index >= 15 is 0 Å². The molecule has 0 rings (SSSR count). The van der Waals surface area contributed by atoms with Crippen LogP contribution in [0, 0.1) is 5.41 Å². The van der Waals surface area contributed by atoms with Gasteiger partial charge in [0.1, 0.15) is 11.5 Å². The van der Waals surface area contributed by atoms with Crippen molar-refractivity contribution in [1.29, 1.82) is 0 Å². The molecule has 0 aliphatic heterocycles. The molecule has 0 aliphatic rings. The third-order valence-corrected chi connectivity index (χ3v) is 2.46. The van der Waals surface area contributed by atoms with Crippen molar-refractivity contribution in [1.82, 2.24) is 0 Å². The molecule has 0 aromatic heterocycles. The van der Waals surface area contributed by atoms with Gasteiger partial charge < -0.3 is 9.84 Å². The van der Waals surface area contributed by atoms with Crippen molar-refractivity contribution in [2.75, 3.05) is 0 Å². The van der Waals surface area contributed by atoms with Gasteiger partial charge in [-0.15, -0.1) is 0 Å². The highest BCUT2D eigenvalue weighted by atomic mass is 16.5. The third kappa shape index (κ3) is 2.72. The summed E-state index contributed by atoms with van der Waals surface area (Å²) in [6.45, 7) is 6.20. The van der Waals surface area contributed by atoms with Crippen LogP contribution in [0.5, 0.6) is 0 Å². The summed E-state index contributed by atoms with van der Waals surface area (Å²) in [6.07, 6.45) is -0.177. The summed E-state index contributed by atoms with van der Waals surface area (Å²) in [7, 11) is 0. The molecule has 0 spiro atoms. The largest absolute Gasteiger partial charge is 0.481 e. The van der Waals surface area contributed by atoms with E-state index in [0.29, 0.717) is 6.42 Å². The number of rotatable bonds is 4. The van der Waals surface area contributed by atoms with Crippen molar-refractivity contribution in [2.24, 2.45) is 5.41 Å². The fraction of sp³-hybridized carbons (Fsp3) is 0.778. The van der Waals surface area contributed by atoms with Crippen LogP contribution in [-0.4, -0.2) is 23.1 Å². The molecule has 2 unspecified atom stereocenters. The summed E-state index contributed by atoms with van der Waals surface area (Å²) < 4.78 is 4.85. The maximum atomic E-state index is 10.9. The molecule has 0 saturated carbocycles. The summed E-state index contributed by atoms with van der Waals surface area (Å²) >= 11 is 0. The van der Waals surface area contributed by atoms with E-state index in [9.17, 15) is 9.59 Å². The first-order valence-electron chi connectivity index (χ1n) is 4.25. The van der Waals surface area contributed by atoms with Crippen LogP contribution in [0.15, 0.2) is 0 Å². The second kappa shape index (κ2) is 4.25. The van der Waals surface area contributed by atoms with Gasteiger partial charge in [0.2, 0.25) is 0 Å². The topological polar surface area (TPSA) is 63.6 Å². The van der Waals surface area contributed by atoms with Gasteiger partial charge in [-0.3, -0.25) is 9.59 Å². The van der Waals surface area contributed by atoms with Crippen molar-refractivity contribution in [3.8, 4) is 0 Å². The Kier molecular flexibility index (Phi) is 3.91. The Morgan fingerprint density at radius 2 is 2.00 bits per heavy atom. The summed E-state index contributed by atoms with van der Waals surface area (Å²) in [5, 5.41) is 8.92. The van der Waals surface area contributed by atoms with Crippen LogP contribution in [-0.2, 0) is 14.3 Å². The first-order chi connectivity index (χ1) is 5.84. The van der Waals surface area contributed by atoms with E-state index in [2.05, 4.69) is 0 Å². The molecule has 0 fully saturated rings. The van der Waals surface area contributed by atoms with Gasteiger partial charge in [-0.1, -0.05) is 6.92 Å². The minimum atomic E-state index is -0.994. The minimum Gasteiger partial charge on any atom is -0.481 e. The van der Waals surface area contributed by atoms with Gasteiger partial charge in [0.25, 0.3) is 0 Å². The van der Waals surface area contributed by atoms with Gasteiger partial charge in [0.05, 0.1) is 0 Å². The number of ether oxygens (including phenoxy) is 1. The van der Waals surface area contributed by atoms with E-state index in [4.69, 9.17) is 9.84 Å². The molecule has 0 radical (unpaired) electrons. The lowest BCUT2D eigenvalue weighted by Crippen LogP contribution is -2.40. The molecule has 13 heavy (non-hydrogen) atoms. The third-order valence-electron chi connectivity index (χ3n) is 2.46. The van der Waals surface area contributed by atoms with Crippen molar-refractivity contribution in [3.63, 3.8) is 0 Å². The lowest BCUT2D eigenvalue weighted by molar-refractivity contribution is -0.165. The predicted molar refractivity (Wildman–Crippen MR) is 47.3 cm³/mol. The van der Waals surface area contributed by atoms with Crippen LogP contribution >= 0.6 is 0 Å². The van der Waals surface area contributed by atoms with Crippen molar-refractivity contribution >= 4 is 11.9 Å². The standard InChI is InChI=1S/C9H16O4/c1-5-9(4,8(11)12)6(2)13-7(3)10/h6H,5H2,1-4H3,(H,11,12). The first kappa shape index (κ1) is 11.9. The van der Waals surface area contributed by atoms with Crippen LogP contribution in [0.3, 0.4) is 0 Å². The van der Waals surface area contributed by atoms with Gasteiger partial charge in [-0.05, 0) is 20.3 Å². The highest BCUT2D eigenvalue weighted by Gasteiger charge is 2.39. The number of aliphatic carboxylic acids is 1. The minimum absolute atomic E-state index is 0.427. The SMILES string of the molecule is CCC(C)(C(=O)O)C(C)OC(C)=O. The van der Waals surface area contributed by atoms with Gasteiger partial charge >= 0.3 is 11.9 Å². The molecular formula is C9H16O4. The normalized spacial score (nSPS) is 17.2. The number of carbonyl (C=O) groups is 2. The van der Waals surface area contributed by atoms with E-state index in [0.717, 1.165) is 0 Å². The first-order valence-corrected chi connectivity index (χ1v) is 4.25. The second-order valence-electron chi connectivity index (χ2n) is 3.33. The number of hydrogen-bond acceptors (Lipinski definition) is 3. The van der Waals surface area contributed by atoms with Gasteiger partial charge in [-0.2, -0.15) is 0 Å². The van der Waals surface area contributed by atoms with Gasteiger partial charge in [0.15, 0.2) is 0 Å². The predicted octanol–water partition coefficient (Wildman–Crippen LogP) is 1.44. The van der Waals surface area contributed by atoms with E-state index in [-0.39, 0.29) is 0 Å². The number of carboxylic acid groups (broad SMARTS) is 1. The summed E-state index contributed by atoms with van der Waals surface area (Å²) in [4.78, 5) is 21.5.